The van der Waals surface area contributed by atoms with Crippen molar-refractivity contribution < 1.29 is 8.42 Å². The van der Waals surface area contributed by atoms with E-state index < -0.39 is 10.0 Å². The van der Waals surface area contributed by atoms with Gasteiger partial charge in [-0.1, -0.05) is 65.7 Å². The van der Waals surface area contributed by atoms with Gasteiger partial charge in [0.05, 0.1) is 4.34 Å². The number of sulfonamides is 1. The van der Waals surface area contributed by atoms with Gasteiger partial charge in [0.1, 0.15) is 23.7 Å². The summed E-state index contributed by atoms with van der Waals surface area (Å²) in [6.45, 7) is 2.57. The first-order valence-electron chi connectivity index (χ1n) is 11.1. The third-order valence-electron chi connectivity index (χ3n) is 5.28. The van der Waals surface area contributed by atoms with Crippen LogP contribution >= 0.6 is 34.5 Å². The van der Waals surface area contributed by atoms with Crippen LogP contribution in [0.5, 0.6) is 0 Å². The summed E-state index contributed by atoms with van der Waals surface area (Å²) in [5.74, 6) is 1.18. The SMILES string of the molecule is [B]c1cnn(/C(=C\C)NCc2ccc(CNS(=O)(=O)c3ccc(Cl)s3)cc2)c1N=Cc1ccccc1Cl. The van der Waals surface area contributed by atoms with Crippen LogP contribution in [0.15, 0.2) is 82.1 Å². The van der Waals surface area contributed by atoms with E-state index in [0.717, 1.165) is 28.0 Å². The molecule has 188 valence electrons. The molecule has 0 fully saturated rings. The summed E-state index contributed by atoms with van der Waals surface area (Å²) in [6, 6.07) is 18.1. The van der Waals surface area contributed by atoms with Crippen molar-refractivity contribution >= 4 is 75.7 Å². The molecule has 0 amide bonds. The van der Waals surface area contributed by atoms with Crippen molar-refractivity contribution in [2.45, 2.75) is 24.2 Å². The number of thiophene rings is 1. The molecule has 0 aliphatic rings. The minimum atomic E-state index is -3.60. The highest BCUT2D eigenvalue weighted by Gasteiger charge is 2.16. The van der Waals surface area contributed by atoms with Crippen molar-refractivity contribution in [2.24, 2.45) is 4.99 Å². The number of rotatable bonds is 10. The Balaban J connectivity index is 1.39. The quantitative estimate of drug-likeness (QED) is 0.210. The molecule has 4 aromatic rings. The largest absolute Gasteiger partial charge is 0.366 e. The number of allylic oxidation sites excluding steroid dienone is 1. The molecule has 0 saturated carbocycles. The summed E-state index contributed by atoms with van der Waals surface area (Å²) < 4.78 is 29.6. The van der Waals surface area contributed by atoms with Gasteiger partial charge in [-0.05, 0) is 47.8 Å². The van der Waals surface area contributed by atoms with E-state index >= 15 is 0 Å². The Hall–Kier alpha value is -2.89. The zero-order chi connectivity index (χ0) is 26.4. The lowest BCUT2D eigenvalue weighted by Crippen LogP contribution is -2.22. The maximum absolute atomic E-state index is 12.4. The number of nitrogens with one attached hydrogen (secondary N) is 2. The highest BCUT2D eigenvalue weighted by Crippen LogP contribution is 2.25. The number of nitrogens with zero attached hydrogens (tertiary/aromatic N) is 3. The van der Waals surface area contributed by atoms with Crippen molar-refractivity contribution in [1.29, 1.82) is 0 Å². The van der Waals surface area contributed by atoms with Crippen LogP contribution in [-0.2, 0) is 23.1 Å². The number of halogens is 2. The molecule has 4 rings (SSSR count). The third-order valence-corrected chi connectivity index (χ3v) is 8.75. The molecule has 2 aromatic carbocycles. The predicted octanol–water partition coefficient (Wildman–Crippen LogP) is 4.88. The van der Waals surface area contributed by atoms with E-state index in [1.165, 1.54) is 6.07 Å². The zero-order valence-electron chi connectivity index (χ0n) is 19.7. The lowest BCUT2D eigenvalue weighted by atomic mass is 10.00. The maximum Gasteiger partial charge on any atom is 0.250 e. The van der Waals surface area contributed by atoms with Crippen LogP contribution in [0.4, 0.5) is 5.82 Å². The Morgan fingerprint density at radius 2 is 1.78 bits per heavy atom. The molecular weight excluding hydrogens is 548 g/mol. The average molecular weight is 570 g/mol. The second-order valence-electron chi connectivity index (χ2n) is 7.84. The van der Waals surface area contributed by atoms with E-state index in [0.29, 0.717) is 33.0 Å². The molecule has 12 heteroatoms. The molecule has 37 heavy (non-hydrogen) atoms. The minimum Gasteiger partial charge on any atom is -0.366 e. The summed E-state index contributed by atoms with van der Waals surface area (Å²) in [5, 5.41) is 8.30. The summed E-state index contributed by atoms with van der Waals surface area (Å²) in [7, 11) is 2.51. The smallest absolute Gasteiger partial charge is 0.250 e. The monoisotopic (exact) mass is 569 g/mol. The number of benzene rings is 2. The fraction of sp³-hybridized carbons (Fsp3) is 0.120. The van der Waals surface area contributed by atoms with Gasteiger partial charge >= 0.3 is 0 Å². The third kappa shape index (κ3) is 6.91. The number of aromatic nitrogens is 2. The normalized spacial score (nSPS) is 12.4. The van der Waals surface area contributed by atoms with Gasteiger partial charge in [-0.25, -0.2) is 22.8 Å². The minimum absolute atomic E-state index is 0.172. The van der Waals surface area contributed by atoms with Crippen LogP contribution in [-0.4, -0.2) is 32.3 Å². The fourth-order valence-electron chi connectivity index (χ4n) is 3.33. The highest BCUT2D eigenvalue weighted by atomic mass is 35.5. The van der Waals surface area contributed by atoms with E-state index in [1.807, 2.05) is 55.5 Å². The van der Waals surface area contributed by atoms with Gasteiger partial charge < -0.3 is 5.32 Å². The Kier molecular flexibility index (Phi) is 8.89. The lowest BCUT2D eigenvalue weighted by molar-refractivity contribution is 0.583. The second kappa shape index (κ2) is 12.1. The molecule has 2 N–H and O–H groups in total. The van der Waals surface area contributed by atoms with Crippen LogP contribution in [0.25, 0.3) is 5.82 Å². The Labute approximate surface area is 231 Å². The highest BCUT2D eigenvalue weighted by molar-refractivity contribution is 7.91. The second-order valence-corrected chi connectivity index (χ2v) is 12.0. The van der Waals surface area contributed by atoms with Crippen LogP contribution < -0.4 is 15.5 Å². The van der Waals surface area contributed by atoms with Crippen molar-refractivity contribution in [3.8, 4) is 0 Å². The first kappa shape index (κ1) is 27.2. The zero-order valence-corrected chi connectivity index (χ0v) is 22.9. The van der Waals surface area contributed by atoms with Gasteiger partial charge in [0.25, 0.3) is 0 Å². The fourth-order valence-corrected chi connectivity index (χ4v) is 6.06. The van der Waals surface area contributed by atoms with Crippen molar-refractivity contribution in [3.63, 3.8) is 0 Å². The van der Waals surface area contributed by atoms with E-state index in [9.17, 15) is 8.42 Å². The van der Waals surface area contributed by atoms with Gasteiger partial charge in [0.15, 0.2) is 0 Å². The molecule has 2 radical (unpaired) electrons. The van der Waals surface area contributed by atoms with Crippen molar-refractivity contribution in [2.75, 3.05) is 0 Å². The van der Waals surface area contributed by atoms with Crippen LogP contribution in [0, 0.1) is 0 Å². The molecule has 0 saturated heterocycles. The van der Waals surface area contributed by atoms with Gasteiger partial charge in [0.2, 0.25) is 10.0 Å². The number of hydrogen-bond donors (Lipinski definition) is 2. The Morgan fingerprint density at radius 3 is 2.43 bits per heavy atom. The van der Waals surface area contributed by atoms with Crippen molar-refractivity contribution in [3.05, 3.63) is 99.0 Å². The summed E-state index contributed by atoms with van der Waals surface area (Å²) in [6.07, 6.45) is 5.07. The average Bonchev–Trinajstić information content (AvgIpc) is 3.49. The van der Waals surface area contributed by atoms with Gasteiger partial charge in [0, 0.05) is 36.1 Å². The molecule has 0 aliphatic carbocycles. The van der Waals surface area contributed by atoms with Gasteiger partial charge in [-0.3, -0.25) is 0 Å². The van der Waals surface area contributed by atoms with Crippen LogP contribution in [0.2, 0.25) is 9.36 Å². The molecule has 0 spiro atoms. The maximum atomic E-state index is 12.4. The van der Waals surface area contributed by atoms with Crippen LogP contribution in [0.3, 0.4) is 0 Å². The predicted molar refractivity (Wildman–Crippen MR) is 153 cm³/mol. The molecule has 0 atom stereocenters. The summed E-state index contributed by atoms with van der Waals surface area (Å²) in [5.41, 5.74) is 3.03. The molecule has 0 bridgehead atoms. The Morgan fingerprint density at radius 1 is 1.08 bits per heavy atom. The number of aliphatic imine (C=N–C) groups is 1. The standard InChI is InChI=1S/C25H22BCl2N5O2S2/c1-2-23(33-25(20(26)16-31-33)30-15-19-5-3-4-6-21(19)27)29-13-17-7-9-18(10-8-17)14-32-37(34,35)24-12-11-22(28)36-24/h2-12,15-16,29,32H,13-14H2,1H3/b23-2-,30-15?. The van der Waals surface area contributed by atoms with E-state index in [-0.39, 0.29) is 10.8 Å². The topological polar surface area (TPSA) is 88.4 Å². The molecule has 2 heterocycles. The number of hydrogen-bond acceptors (Lipinski definition) is 6. The summed E-state index contributed by atoms with van der Waals surface area (Å²) >= 11 is 13.1. The van der Waals surface area contributed by atoms with Crippen molar-refractivity contribution in [1.82, 2.24) is 19.8 Å². The van der Waals surface area contributed by atoms with E-state index in [2.05, 4.69) is 20.1 Å². The van der Waals surface area contributed by atoms with Gasteiger partial charge in [-0.15, -0.1) is 11.3 Å². The molecule has 0 aliphatic heterocycles. The molecular formula is C25H22BCl2N5O2S2. The lowest BCUT2D eigenvalue weighted by Gasteiger charge is -2.13. The van der Waals surface area contributed by atoms with E-state index in [4.69, 9.17) is 31.0 Å². The van der Waals surface area contributed by atoms with Gasteiger partial charge in [-0.2, -0.15) is 5.10 Å². The van der Waals surface area contributed by atoms with E-state index in [1.54, 1.807) is 29.2 Å². The first-order valence-corrected chi connectivity index (χ1v) is 14.2. The molecule has 0 unspecified atom stereocenters. The first-order chi connectivity index (χ1) is 17.8. The summed E-state index contributed by atoms with van der Waals surface area (Å²) in [4.78, 5) is 4.52. The molecule has 7 nitrogen and oxygen atoms in total. The Bertz CT molecular complexity index is 1550. The molecule has 2 aromatic heterocycles. The van der Waals surface area contributed by atoms with Crippen LogP contribution in [0.1, 0.15) is 23.6 Å².